The minimum atomic E-state index is -0.516. The Morgan fingerprint density at radius 1 is 1.26 bits per heavy atom. The molecule has 0 spiro atoms. The van der Waals surface area contributed by atoms with Gasteiger partial charge in [-0.3, -0.25) is 9.59 Å². The molecular formula is C19H22N2O4S2. The number of hydrogen-bond donors (Lipinski definition) is 1. The van der Waals surface area contributed by atoms with Crippen molar-refractivity contribution in [3.05, 3.63) is 38.4 Å². The van der Waals surface area contributed by atoms with E-state index in [1.165, 1.54) is 11.3 Å². The Labute approximate surface area is 166 Å². The molecule has 27 heavy (non-hydrogen) atoms. The van der Waals surface area contributed by atoms with Crippen LogP contribution in [0.25, 0.3) is 0 Å². The van der Waals surface area contributed by atoms with Crippen LogP contribution in [0.4, 0.5) is 5.00 Å². The Morgan fingerprint density at radius 2 is 2.00 bits per heavy atom. The van der Waals surface area contributed by atoms with Crippen molar-refractivity contribution in [1.29, 1.82) is 0 Å². The quantitative estimate of drug-likeness (QED) is 0.742. The molecule has 3 heterocycles. The lowest BCUT2D eigenvalue weighted by Gasteiger charge is -2.14. The lowest BCUT2D eigenvalue weighted by Crippen LogP contribution is -2.27. The molecule has 0 unspecified atom stereocenters. The summed E-state index contributed by atoms with van der Waals surface area (Å²) in [4.78, 5) is 40.9. The molecule has 1 fully saturated rings. The van der Waals surface area contributed by atoms with Crippen LogP contribution in [-0.4, -0.2) is 42.4 Å². The molecule has 3 rings (SSSR count). The first kappa shape index (κ1) is 19.6. The van der Waals surface area contributed by atoms with Crippen molar-refractivity contribution in [1.82, 2.24) is 4.90 Å². The van der Waals surface area contributed by atoms with Gasteiger partial charge in [0.15, 0.2) is 0 Å². The molecule has 0 radical (unpaired) electrons. The molecule has 6 nitrogen and oxygen atoms in total. The summed E-state index contributed by atoms with van der Waals surface area (Å²) in [6.45, 7) is 5.15. The zero-order valence-corrected chi connectivity index (χ0v) is 17.0. The van der Waals surface area contributed by atoms with E-state index in [1.807, 2.05) is 17.5 Å². The second-order valence-electron chi connectivity index (χ2n) is 6.28. The summed E-state index contributed by atoms with van der Waals surface area (Å²) in [5.74, 6) is -0.818. The standard InChI is InChI=1S/C19H22N2O4S2/c1-3-25-19(24)15-12(2)16(18(23)21-8-4-5-9-21)27-17(15)20-14(22)11-13-7-6-10-26-13/h6-7,10H,3-5,8-9,11H2,1-2H3,(H,20,22). The van der Waals surface area contributed by atoms with Crippen LogP contribution < -0.4 is 5.32 Å². The number of carbonyl (C=O) groups excluding carboxylic acids is 3. The van der Waals surface area contributed by atoms with Crippen molar-refractivity contribution in [2.24, 2.45) is 0 Å². The summed E-state index contributed by atoms with van der Waals surface area (Å²) in [6, 6.07) is 3.78. The van der Waals surface area contributed by atoms with E-state index >= 15 is 0 Å². The van der Waals surface area contributed by atoms with Gasteiger partial charge in [0.05, 0.1) is 23.5 Å². The van der Waals surface area contributed by atoms with E-state index in [2.05, 4.69) is 5.32 Å². The molecule has 8 heteroatoms. The monoisotopic (exact) mass is 406 g/mol. The van der Waals surface area contributed by atoms with E-state index in [-0.39, 0.29) is 30.4 Å². The predicted molar refractivity (Wildman–Crippen MR) is 107 cm³/mol. The van der Waals surface area contributed by atoms with Crippen molar-refractivity contribution in [2.75, 3.05) is 25.0 Å². The topological polar surface area (TPSA) is 75.7 Å². The average molecular weight is 407 g/mol. The molecule has 2 aromatic rings. The molecule has 0 bridgehead atoms. The molecular weight excluding hydrogens is 384 g/mol. The maximum atomic E-state index is 12.8. The predicted octanol–water partition coefficient (Wildman–Crippen LogP) is 3.71. The van der Waals surface area contributed by atoms with Crippen LogP contribution in [0, 0.1) is 6.92 Å². The molecule has 144 valence electrons. The maximum Gasteiger partial charge on any atom is 0.341 e. The number of esters is 1. The number of rotatable bonds is 6. The summed E-state index contributed by atoms with van der Waals surface area (Å²) in [7, 11) is 0. The van der Waals surface area contributed by atoms with Crippen LogP contribution in [0.1, 0.15) is 50.2 Å². The Balaban J connectivity index is 1.88. The smallest absolute Gasteiger partial charge is 0.341 e. The van der Waals surface area contributed by atoms with E-state index in [9.17, 15) is 14.4 Å². The average Bonchev–Trinajstić information content (AvgIpc) is 3.36. The number of nitrogens with one attached hydrogen (secondary N) is 1. The second-order valence-corrected chi connectivity index (χ2v) is 8.34. The zero-order chi connectivity index (χ0) is 19.4. The summed E-state index contributed by atoms with van der Waals surface area (Å²) >= 11 is 2.66. The molecule has 2 amide bonds. The molecule has 1 aliphatic heterocycles. The van der Waals surface area contributed by atoms with Gasteiger partial charge >= 0.3 is 5.97 Å². The molecule has 1 aliphatic rings. The second kappa shape index (κ2) is 8.67. The number of thiophene rings is 2. The van der Waals surface area contributed by atoms with Crippen LogP contribution in [0.3, 0.4) is 0 Å². The van der Waals surface area contributed by atoms with Gasteiger partial charge in [0.25, 0.3) is 5.91 Å². The normalized spacial score (nSPS) is 13.6. The number of amides is 2. The van der Waals surface area contributed by atoms with Crippen LogP contribution in [0.2, 0.25) is 0 Å². The molecule has 0 aromatic carbocycles. The number of carbonyl (C=O) groups is 3. The third-order valence-corrected chi connectivity index (χ3v) is 6.45. The Morgan fingerprint density at radius 3 is 2.63 bits per heavy atom. The fourth-order valence-electron chi connectivity index (χ4n) is 3.06. The lowest BCUT2D eigenvalue weighted by atomic mass is 10.1. The molecule has 0 aliphatic carbocycles. The summed E-state index contributed by atoms with van der Waals surface area (Å²) < 4.78 is 5.15. The van der Waals surface area contributed by atoms with Crippen molar-refractivity contribution in [2.45, 2.75) is 33.1 Å². The fraction of sp³-hybridized carbons (Fsp3) is 0.421. The molecule has 1 saturated heterocycles. The highest BCUT2D eigenvalue weighted by Crippen LogP contribution is 2.35. The number of anilines is 1. The highest BCUT2D eigenvalue weighted by atomic mass is 32.1. The Bertz CT molecular complexity index is 836. The first-order chi connectivity index (χ1) is 13.0. The summed E-state index contributed by atoms with van der Waals surface area (Å²) in [6.07, 6.45) is 2.21. The van der Waals surface area contributed by atoms with Gasteiger partial charge in [-0.1, -0.05) is 6.07 Å². The van der Waals surface area contributed by atoms with E-state index < -0.39 is 5.97 Å². The van der Waals surface area contributed by atoms with E-state index in [1.54, 1.807) is 18.7 Å². The van der Waals surface area contributed by atoms with Crippen LogP contribution in [0.5, 0.6) is 0 Å². The number of likely N-dealkylation sites (tertiary alicyclic amines) is 1. The maximum absolute atomic E-state index is 12.8. The van der Waals surface area contributed by atoms with Gasteiger partial charge in [-0.25, -0.2) is 4.79 Å². The van der Waals surface area contributed by atoms with Crippen LogP contribution in [0.15, 0.2) is 17.5 Å². The third-order valence-electron chi connectivity index (χ3n) is 4.38. The number of hydrogen-bond acceptors (Lipinski definition) is 6. The minimum absolute atomic E-state index is 0.0840. The van der Waals surface area contributed by atoms with E-state index in [0.29, 0.717) is 15.4 Å². The molecule has 0 atom stereocenters. The Kier molecular flexibility index (Phi) is 6.28. The summed E-state index contributed by atoms with van der Waals surface area (Å²) in [5.41, 5.74) is 0.853. The minimum Gasteiger partial charge on any atom is -0.462 e. The summed E-state index contributed by atoms with van der Waals surface area (Å²) in [5, 5.41) is 5.11. The van der Waals surface area contributed by atoms with E-state index in [0.717, 1.165) is 42.1 Å². The molecule has 0 saturated carbocycles. The lowest BCUT2D eigenvalue weighted by molar-refractivity contribution is -0.115. The first-order valence-corrected chi connectivity index (χ1v) is 10.6. The highest BCUT2D eigenvalue weighted by molar-refractivity contribution is 7.18. The van der Waals surface area contributed by atoms with E-state index in [4.69, 9.17) is 4.74 Å². The highest BCUT2D eigenvalue weighted by Gasteiger charge is 2.29. The first-order valence-electron chi connectivity index (χ1n) is 8.93. The Hall–Kier alpha value is -2.19. The van der Waals surface area contributed by atoms with Gasteiger partial charge in [0.1, 0.15) is 5.00 Å². The van der Waals surface area contributed by atoms with Crippen LogP contribution >= 0.6 is 22.7 Å². The third kappa shape index (κ3) is 4.39. The van der Waals surface area contributed by atoms with Gasteiger partial charge in [-0.15, -0.1) is 22.7 Å². The number of nitrogens with zero attached hydrogens (tertiary/aromatic N) is 1. The fourth-order valence-corrected chi connectivity index (χ4v) is 4.94. The SMILES string of the molecule is CCOC(=O)c1c(NC(=O)Cc2cccs2)sc(C(=O)N2CCCC2)c1C. The van der Waals surface area contributed by atoms with Gasteiger partial charge in [0, 0.05) is 18.0 Å². The van der Waals surface area contributed by atoms with Gasteiger partial charge in [-0.05, 0) is 43.7 Å². The molecule has 2 aromatic heterocycles. The van der Waals surface area contributed by atoms with Crippen molar-refractivity contribution in [3.8, 4) is 0 Å². The van der Waals surface area contributed by atoms with Gasteiger partial charge in [-0.2, -0.15) is 0 Å². The van der Waals surface area contributed by atoms with Crippen molar-refractivity contribution < 1.29 is 19.1 Å². The molecule has 1 N–H and O–H groups in total. The van der Waals surface area contributed by atoms with Gasteiger partial charge in [0.2, 0.25) is 5.91 Å². The zero-order valence-electron chi connectivity index (χ0n) is 15.4. The van der Waals surface area contributed by atoms with Crippen molar-refractivity contribution >= 4 is 45.5 Å². The van der Waals surface area contributed by atoms with Crippen molar-refractivity contribution in [3.63, 3.8) is 0 Å². The number of ether oxygens (including phenoxy) is 1. The van der Waals surface area contributed by atoms with Gasteiger partial charge < -0.3 is 15.0 Å². The van der Waals surface area contributed by atoms with Crippen LogP contribution in [-0.2, 0) is 16.0 Å². The largest absolute Gasteiger partial charge is 0.462 e.